The zero-order chi connectivity index (χ0) is 14.7. The first kappa shape index (κ1) is 13.4. The Morgan fingerprint density at radius 3 is 3.05 bits per heavy atom. The van der Waals surface area contributed by atoms with Gasteiger partial charge in [0.25, 0.3) is 0 Å². The van der Waals surface area contributed by atoms with E-state index in [-0.39, 0.29) is 5.75 Å². The van der Waals surface area contributed by atoms with Crippen molar-refractivity contribution in [1.82, 2.24) is 24.7 Å². The summed E-state index contributed by atoms with van der Waals surface area (Å²) < 4.78 is 1.89. The summed E-state index contributed by atoms with van der Waals surface area (Å²) in [6.07, 6.45) is 5.28. The van der Waals surface area contributed by atoms with Gasteiger partial charge in [-0.3, -0.25) is 4.79 Å². The summed E-state index contributed by atoms with van der Waals surface area (Å²) in [5, 5.41) is 17.1. The Balaban J connectivity index is 1.84. The monoisotopic (exact) mass is 301 g/mol. The molecule has 3 aromatic rings. The van der Waals surface area contributed by atoms with Crippen LogP contribution in [0.1, 0.15) is 0 Å². The molecule has 0 bridgehead atoms. The van der Waals surface area contributed by atoms with E-state index in [1.54, 1.807) is 12.5 Å². The summed E-state index contributed by atoms with van der Waals surface area (Å²) in [5.41, 5.74) is 1.83. The molecule has 7 nitrogen and oxygen atoms in total. The molecule has 0 aliphatic heterocycles. The van der Waals surface area contributed by atoms with Crippen LogP contribution in [-0.2, 0) is 4.79 Å². The molecule has 0 radical (unpaired) electrons. The van der Waals surface area contributed by atoms with Crippen molar-refractivity contribution < 1.29 is 9.90 Å². The number of nitrogens with one attached hydrogen (secondary N) is 1. The largest absolute Gasteiger partial charge is 0.481 e. The second-order valence-electron chi connectivity index (χ2n) is 4.18. The molecule has 2 aromatic heterocycles. The summed E-state index contributed by atoms with van der Waals surface area (Å²) in [7, 11) is 0. The lowest BCUT2D eigenvalue weighted by molar-refractivity contribution is -0.133. The van der Waals surface area contributed by atoms with Crippen molar-refractivity contribution >= 4 is 17.7 Å². The van der Waals surface area contributed by atoms with Crippen LogP contribution in [0.5, 0.6) is 0 Å². The van der Waals surface area contributed by atoms with Crippen LogP contribution in [0.25, 0.3) is 17.1 Å². The highest BCUT2D eigenvalue weighted by molar-refractivity contribution is 7.99. The molecule has 8 heteroatoms. The maximum absolute atomic E-state index is 10.5. The van der Waals surface area contributed by atoms with E-state index in [0.717, 1.165) is 23.0 Å². The van der Waals surface area contributed by atoms with Crippen LogP contribution in [0.2, 0.25) is 0 Å². The molecular weight excluding hydrogens is 290 g/mol. The van der Waals surface area contributed by atoms with Gasteiger partial charge in [0.15, 0.2) is 11.0 Å². The van der Waals surface area contributed by atoms with E-state index < -0.39 is 5.97 Å². The fourth-order valence-electron chi connectivity index (χ4n) is 1.80. The number of aromatic nitrogens is 5. The average Bonchev–Trinajstić information content (AvgIpc) is 3.17. The fraction of sp³-hybridized carbons (Fsp3) is 0.0769. The standard InChI is InChI=1S/C13H11N5O2S/c19-11(20)7-21-13-15-12(16-17-13)9-2-1-3-10(6-9)18-5-4-14-8-18/h1-6,8H,7H2,(H,19,20)(H,15,16,17). The summed E-state index contributed by atoms with van der Waals surface area (Å²) in [6.45, 7) is 0. The Kier molecular flexibility index (Phi) is 3.69. The minimum Gasteiger partial charge on any atom is -0.481 e. The molecule has 0 aliphatic carbocycles. The molecule has 0 saturated heterocycles. The Morgan fingerprint density at radius 2 is 2.29 bits per heavy atom. The van der Waals surface area contributed by atoms with Gasteiger partial charge in [0.05, 0.1) is 12.1 Å². The second kappa shape index (κ2) is 5.80. The van der Waals surface area contributed by atoms with Gasteiger partial charge in [0.1, 0.15) is 0 Å². The van der Waals surface area contributed by atoms with E-state index >= 15 is 0 Å². The number of aromatic amines is 1. The highest BCUT2D eigenvalue weighted by Gasteiger charge is 2.08. The summed E-state index contributed by atoms with van der Waals surface area (Å²) in [6, 6.07) is 7.74. The number of carboxylic acids is 1. The van der Waals surface area contributed by atoms with Crippen LogP contribution in [0, 0.1) is 0 Å². The van der Waals surface area contributed by atoms with Gasteiger partial charge in [-0.25, -0.2) is 4.98 Å². The van der Waals surface area contributed by atoms with E-state index in [4.69, 9.17) is 5.11 Å². The number of carbonyl (C=O) groups is 1. The highest BCUT2D eigenvalue weighted by atomic mass is 32.2. The predicted molar refractivity (Wildman–Crippen MR) is 77.3 cm³/mol. The lowest BCUT2D eigenvalue weighted by Crippen LogP contribution is -1.97. The number of hydrogen-bond acceptors (Lipinski definition) is 5. The van der Waals surface area contributed by atoms with E-state index in [1.165, 1.54) is 0 Å². The molecule has 0 atom stereocenters. The van der Waals surface area contributed by atoms with Gasteiger partial charge >= 0.3 is 5.97 Å². The summed E-state index contributed by atoms with van der Waals surface area (Å²) >= 11 is 1.10. The zero-order valence-electron chi connectivity index (χ0n) is 10.8. The van der Waals surface area contributed by atoms with Crippen molar-refractivity contribution in [1.29, 1.82) is 0 Å². The number of carboxylic acid groups (broad SMARTS) is 1. The van der Waals surface area contributed by atoms with Gasteiger partial charge in [-0.15, -0.1) is 10.2 Å². The Hall–Kier alpha value is -2.61. The Bertz CT molecular complexity index is 754. The molecule has 0 fully saturated rings. The highest BCUT2D eigenvalue weighted by Crippen LogP contribution is 2.21. The van der Waals surface area contributed by atoms with Crippen LogP contribution >= 0.6 is 11.8 Å². The molecule has 0 amide bonds. The van der Waals surface area contributed by atoms with Crippen molar-refractivity contribution in [2.24, 2.45) is 0 Å². The molecule has 0 aliphatic rings. The van der Waals surface area contributed by atoms with Gasteiger partial charge in [-0.2, -0.15) is 0 Å². The van der Waals surface area contributed by atoms with Gasteiger partial charge in [0.2, 0.25) is 0 Å². The lowest BCUT2D eigenvalue weighted by atomic mass is 10.2. The molecule has 0 saturated carbocycles. The summed E-state index contributed by atoms with van der Waals surface area (Å²) in [5.74, 6) is -0.339. The first-order chi connectivity index (χ1) is 10.2. The van der Waals surface area contributed by atoms with Crippen molar-refractivity contribution in [2.75, 3.05) is 5.75 Å². The van der Waals surface area contributed by atoms with E-state index in [0.29, 0.717) is 11.0 Å². The third kappa shape index (κ3) is 3.11. The molecule has 0 spiro atoms. The van der Waals surface area contributed by atoms with Gasteiger partial charge in [-0.05, 0) is 12.1 Å². The van der Waals surface area contributed by atoms with Crippen LogP contribution in [0.15, 0.2) is 48.1 Å². The van der Waals surface area contributed by atoms with Crippen molar-refractivity contribution in [3.63, 3.8) is 0 Å². The van der Waals surface area contributed by atoms with Gasteiger partial charge < -0.3 is 14.7 Å². The number of benzene rings is 1. The normalized spacial score (nSPS) is 10.7. The SMILES string of the molecule is O=C(O)CSc1nnc(-c2cccc(-n3ccnc3)c2)[nH]1. The third-order valence-electron chi connectivity index (χ3n) is 2.72. The molecule has 106 valence electrons. The Morgan fingerprint density at radius 1 is 1.38 bits per heavy atom. The first-order valence-electron chi connectivity index (χ1n) is 6.08. The molecule has 2 heterocycles. The molecule has 1 aromatic carbocycles. The zero-order valence-corrected chi connectivity index (χ0v) is 11.6. The van der Waals surface area contributed by atoms with E-state index in [1.807, 2.05) is 35.0 Å². The lowest BCUT2D eigenvalue weighted by Gasteiger charge is -2.03. The molecule has 0 unspecified atom stereocenters. The van der Waals surface area contributed by atoms with E-state index in [9.17, 15) is 4.79 Å². The van der Waals surface area contributed by atoms with Crippen LogP contribution < -0.4 is 0 Å². The van der Waals surface area contributed by atoms with E-state index in [2.05, 4.69) is 20.2 Å². The number of imidazole rings is 1. The topological polar surface area (TPSA) is 96.7 Å². The first-order valence-corrected chi connectivity index (χ1v) is 7.07. The maximum atomic E-state index is 10.5. The van der Waals surface area contributed by atoms with Crippen LogP contribution in [0.4, 0.5) is 0 Å². The predicted octanol–water partition coefficient (Wildman–Crippen LogP) is 1.83. The van der Waals surface area contributed by atoms with Crippen LogP contribution in [-0.4, -0.2) is 41.6 Å². The minimum atomic E-state index is -0.889. The second-order valence-corrected chi connectivity index (χ2v) is 5.15. The number of thioether (sulfide) groups is 1. The minimum absolute atomic E-state index is 0.0519. The maximum Gasteiger partial charge on any atom is 0.313 e. The quantitative estimate of drug-likeness (QED) is 0.698. The van der Waals surface area contributed by atoms with Crippen molar-refractivity contribution in [3.05, 3.63) is 43.0 Å². The number of aliphatic carboxylic acids is 1. The summed E-state index contributed by atoms with van der Waals surface area (Å²) in [4.78, 5) is 17.6. The number of rotatable bonds is 5. The number of nitrogens with zero attached hydrogens (tertiary/aromatic N) is 4. The van der Waals surface area contributed by atoms with Crippen LogP contribution in [0.3, 0.4) is 0 Å². The average molecular weight is 301 g/mol. The third-order valence-corrected chi connectivity index (χ3v) is 3.57. The number of H-pyrrole nitrogens is 1. The van der Waals surface area contributed by atoms with Crippen molar-refractivity contribution in [2.45, 2.75) is 5.16 Å². The molecule has 21 heavy (non-hydrogen) atoms. The smallest absolute Gasteiger partial charge is 0.313 e. The van der Waals surface area contributed by atoms with Crippen molar-refractivity contribution in [3.8, 4) is 17.1 Å². The Labute approximate surface area is 124 Å². The fourth-order valence-corrected chi connectivity index (χ4v) is 2.32. The molecular formula is C13H11N5O2S. The van der Waals surface area contributed by atoms with Gasteiger partial charge in [-0.1, -0.05) is 23.9 Å². The number of hydrogen-bond donors (Lipinski definition) is 2. The molecule has 2 N–H and O–H groups in total. The molecule has 3 rings (SSSR count). The van der Waals surface area contributed by atoms with Gasteiger partial charge in [0, 0.05) is 23.6 Å².